The van der Waals surface area contributed by atoms with E-state index in [4.69, 9.17) is 9.29 Å². The fourth-order valence-electron chi connectivity index (χ4n) is 2.80. The van der Waals surface area contributed by atoms with Gasteiger partial charge < -0.3 is 29.7 Å². The van der Waals surface area contributed by atoms with E-state index in [0.29, 0.717) is 12.2 Å². The average Bonchev–Trinajstić information content (AvgIpc) is 2.67. The number of unbranched alkanes of at least 4 members (excludes halogenated alkanes) is 5. The standard InChI is InChI=1S/C16H31NO10S3/c1-29(22)9-7-5-3-2-4-6-8-12(17-27-30(23,24)25)28-16-15(21)14(20)13(19)11(10-18)26-16/h11,13-16,18-21H,2-10H2,1H3,(H,23,24,25)/t11-,13-,14+,15-,16+,29?/m1/s1. The quantitative estimate of drug-likeness (QED) is 0.0568. The van der Waals surface area contributed by atoms with Crippen LogP contribution in [0.15, 0.2) is 5.16 Å². The van der Waals surface area contributed by atoms with E-state index in [1.54, 1.807) is 6.26 Å². The maximum atomic E-state index is 11.0. The fourth-order valence-corrected chi connectivity index (χ4v) is 4.75. The molecule has 1 fully saturated rings. The van der Waals surface area contributed by atoms with Crippen LogP contribution in [0, 0.1) is 0 Å². The molecule has 5 N–H and O–H groups in total. The topological polar surface area (TPSA) is 189 Å². The number of aliphatic hydroxyl groups excluding tert-OH is 4. The predicted molar refractivity (Wildman–Crippen MR) is 113 cm³/mol. The van der Waals surface area contributed by atoms with Crippen LogP contribution in [0.4, 0.5) is 0 Å². The van der Waals surface area contributed by atoms with E-state index in [-0.39, 0.29) is 11.5 Å². The largest absolute Gasteiger partial charge is 0.617 e. The zero-order valence-corrected chi connectivity index (χ0v) is 19.1. The van der Waals surface area contributed by atoms with Crippen molar-refractivity contribution in [1.82, 2.24) is 0 Å². The van der Waals surface area contributed by atoms with E-state index in [2.05, 4.69) is 9.44 Å². The van der Waals surface area contributed by atoms with Crippen LogP contribution < -0.4 is 0 Å². The van der Waals surface area contributed by atoms with E-state index in [9.17, 15) is 33.4 Å². The smallest absolute Gasteiger partial charge is 0.466 e. The molecule has 1 heterocycles. The van der Waals surface area contributed by atoms with Gasteiger partial charge in [-0.2, -0.15) is 8.42 Å². The zero-order chi connectivity index (χ0) is 22.7. The van der Waals surface area contributed by atoms with Gasteiger partial charge in [0.25, 0.3) is 0 Å². The first-order chi connectivity index (χ1) is 14.0. The molecule has 6 atom stereocenters. The van der Waals surface area contributed by atoms with Gasteiger partial charge in [0, 0.05) is 0 Å². The normalized spacial score (nSPS) is 29.0. The Bertz CT molecular complexity index is 616. The Morgan fingerprint density at radius 3 is 2.27 bits per heavy atom. The fraction of sp³-hybridized carbons (Fsp3) is 0.938. The van der Waals surface area contributed by atoms with Crippen LogP contribution in [0.1, 0.15) is 44.9 Å². The van der Waals surface area contributed by atoms with Crippen molar-refractivity contribution >= 4 is 38.4 Å². The summed E-state index contributed by atoms with van der Waals surface area (Å²) >= 11 is -0.0132. The summed E-state index contributed by atoms with van der Waals surface area (Å²) in [6.07, 6.45) is 1.35. The van der Waals surface area contributed by atoms with Crippen molar-refractivity contribution in [3.63, 3.8) is 0 Å². The van der Waals surface area contributed by atoms with Gasteiger partial charge in [-0.15, -0.1) is 0 Å². The molecule has 0 bridgehead atoms. The molecule has 14 heteroatoms. The van der Waals surface area contributed by atoms with Crippen LogP contribution in [0.3, 0.4) is 0 Å². The second kappa shape index (κ2) is 14.1. The lowest BCUT2D eigenvalue weighted by Gasteiger charge is -2.39. The molecule has 11 nitrogen and oxygen atoms in total. The van der Waals surface area contributed by atoms with E-state index in [0.717, 1.165) is 43.9 Å². The van der Waals surface area contributed by atoms with E-state index < -0.39 is 58.0 Å². The lowest BCUT2D eigenvalue weighted by atomic mass is 10.0. The summed E-state index contributed by atoms with van der Waals surface area (Å²) in [6, 6.07) is 0. The third-order valence-electron chi connectivity index (χ3n) is 4.41. The van der Waals surface area contributed by atoms with Gasteiger partial charge in [0.2, 0.25) is 0 Å². The van der Waals surface area contributed by atoms with Crippen LogP contribution >= 0.6 is 11.8 Å². The lowest BCUT2D eigenvalue weighted by molar-refractivity contribution is -0.205. The number of aliphatic hydroxyl groups is 4. The highest BCUT2D eigenvalue weighted by molar-refractivity contribution is 8.14. The molecule has 0 saturated carbocycles. The second-order valence-electron chi connectivity index (χ2n) is 6.95. The Hall–Kier alpha value is -0.160. The minimum absolute atomic E-state index is 0.0957. The van der Waals surface area contributed by atoms with Gasteiger partial charge >= 0.3 is 10.4 Å². The molecule has 0 aromatic rings. The molecule has 1 rings (SSSR count). The molecular formula is C16H31NO10S3. The molecule has 1 unspecified atom stereocenters. The van der Waals surface area contributed by atoms with Crippen LogP contribution in [-0.4, -0.2) is 91.5 Å². The number of nitrogens with zero attached hydrogens (tertiary/aromatic N) is 1. The highest BCUT2D eigenvalue weighted by Crippen LogP contribution is 2.30. The first-order valence-electron chi connectivity index (χ1n) is 9.55. The third-order valence-corrected chi connectivity index (χ3v) is 6.71. The third kappa shape index (κ3) is 10.9. The maximum Gasteiger partial charge on any atom is 0.466 e. The van der Waals surface area contributed by atoms with E-state index in [1.165, 1.54) is 0 Å². The van der Waals surface area contributed by atoms with Crippen molar-refractivity contribution in [1.29, 1.82) is 0 Å². The number of oxime groups is 1. The predicted octanol–water partition coefficient (Wildman–Crippen LogP) is -0.238. The van der Waals surface area contributed by atoms with Gasteiger partial charge in [-0.3, -0.25) is 4.55 Å². The second-order valence-corrected chi connectivity index (χ2v) is 10.7. The summed E-state index contributed by atoms with van der Waals surface area (Å²) in [4.78, 5) is 0. The van der Waals surface area contributed by atoms with Gasteiger partial charge in [0.15, 0.2) is 0 Å². The molecule has 30 heavy (non-hydrogen) atoms. The lowest BCUT2D eigenvalue weighted by Crippen LogP contribution is -2.57. The molecular weight excluding hydrogens is 462 g/mol. The molecule has 0 aromatic carbocycles. The molecule has 0 aliphatic carbocycles. The Morgan fingerprint density at radius 2 is 1.70 bits per heavy atom. The molecule has 0 radical (unpaired) electrons. The average molecular weight is 494 g/mol. The van der Waals surface area contributed by atoms with Gasteiger partial charge in [-0.25, -0.2) is 4.28 Å². The van der Waals surface area contributed by atoms with Gasteiger partial charge in [-0.1, -0.05) is 47.4 Å². The highest BCUT2D eigenvalue weighted by Gasteiger charge is 2.44. The molecule has 0 spiro atoms. The molecule has 0 amide bonds. The SMILES string of the molecule is C[S+]([O-])CCCCCCCCC(=NOS(=O)(=O)O)S[C@@H]1O[C@H](CO)[C@@H](O)[C@H](O)[C@H]1O. The molecule has 1 saturated heterocycles. The number of hydrogen-bond donors (Lipinski definition) is 5. The molecule has 0 aromatic heterocycles. The Balaban J connectivity index is 2.58. The summed E-state index contributed by atoms with van der Waals surface area (Å²) in [7, 11) is -4.82. The first-order valence-corrected chi connectivity index (χ1v) is 13.5. The number of hydrogen-bond acceptors (Lipinski definition) is 11. The minimum Gasteiger partial charge on any atom is -0.617 e. The van der Waals surface area contributed by atoms with Crippen LogP contribution in [-0.2, 0) is 30.6 Å². The van der Waals surface area contributed by atoms with Crippen molar-refractivity contribution in [3.05, 3.63) is 0 Å². The number of rotatable bonds is 13. The van der Waals surface area contributed by atoms with E-state index in [1.807, 2.05) is 0 Å². The number of ether oxygens (including phenoxy) is 1. The highest BCUT2D eigenvalue weighted by atomic mass is 32.3. The van der Waals surface area contributed by atoms with Crippen molar-refractivity contribution < 1.29 is 47.0 Å². The summed E-state index contributed by atoms with van der Waals surface area (Å²) in [6.45, 7) is -0.596. The maximum absolute atomic E-state index is 11.0. The monoisotopic (exact) mass is 493 g/mol. The van der Waals surface area contributed by atoms with Crippen molar-refractivity contribution in [2.75, 3.05) is 18.6 Å². The molecule has 1 aliphatic heterocycles. The Labute approximate surface area is 184 Å². The number of thioether (sulfide) groups is 1. The Morgan fingerprint density at radius 1 is 1.10 bits per heavy atom. The van der Waals surface area contributed by atoms with Crippen molar-refractivity contribution in [3.8, 4) is 0 Å². The summed E-state index contributed by atoms with van der Waals surface area (Å²) in [5, 5.41) is 42.5. The molecule has 178 valence electrons. The van der Waals surface area contributed by atoms with Crippen molar-refractivity contribution in [2.45, 2.75) is 74.8 Å². The van der Waals surface area contributed by atoms with Gasteiger partial charge in [-0.05, 0) is 25.7 Å². The van der Waals surface area contributed by atoms with Gasteiger partial charge in [0.05, 0.1) is 12.9 Å². The van der Waals surface area contributed by atoms with Crippen LogP contribution in [0.5, 0.6) is 0 Å². The van der Waals surface area contributed by atoms with Crippen LogP contribution in [0.25, 0.3) is 0 Å². The summed E-state index contributed by atoms with van der Waals surface area (Å²) in [5.41, 5.74) is -1.14. The Kier molecular flexibility index (Phi) is 13.1. The van der Waals surface area contributed by atoms with Gasteiger partial charge in [0.1, 0.15) is 40.6 Å². The summed E-state index contributed by atoms with van der Waals surface area (Å²) in [5.74, 6) is 0.680. The first kappa shape index (κ1) is 27.9. The van der Waals surface area contributed by atoms with Crippen molar-refractivity contribution in [2.24, 2.45) is 5.16 Å². The molecule has 1 aliphatic rings. The summed E-state index contributed by atoms with van der Waals surface area (Å²) < 4.78 is 50.8. The minimum atomic E-state index is -4.82. The van der Waals surface area contributed by atoms with E-state index >= 15 is 0 Å². The van der Waals surface area contributed by atoms with Crippen LogP contribution in [0.2, 0.25) is 0 Å². The zero-order valence-electron chi connectivity index (χ0n) is 16.7.